The molecule has 0 aromatic heterocycles. The number of hydrazine groups is 1. The van der Waals surface area contributed by atoms with Crippen LogP contribution in [-0.4, -0.2) is 17.1 Å². The van der Waals surface area contributed by atoms with Crippen LogP contribution >= 0.6 is 35.4 Å². The van der Waals surface area contributed by atoms with Gasteiger partial charge in [0.2, 0.25) is 0 Å². The molecule has 7 heteroatoms. The maximum absolute atomic E-state index is 11.6. The Morgan fingerprint density at radius 3 is 2.55 bits per heavy atom. The Morgan fingerprint density at radius 1 is 1.25 bits per heavy atom. The molecule has 0 spiro atoms. The molecule has 0 saturated carbocycles. The molecular formula is C13H15Cl2N3OS. The summed E-state index contributed by atoms with van der Waals surface area (Å²) in [5.74, 6) is -0.330. The lowest BCUT2D eigenvalue weighted by Gasteiger charge is -2.12. The number of rotatable bonds is 3. The van der Waals surface area contributed by atoms with Gasteiger partial charge in [-0.3, -0.25) is 15.6 Å². The van der Waals surface area contributed by atoms with Crippen molar-refractivity contribution in [1.82, 2.24) is 16.2 Å². The van der Waals surface area contributed by atoms with Crippen LogP contribution in [0.15, 0.2) is 24.3 Å². The fourth-order valence-corrected chi connectivity index (χ4v) is 1.84. The van der Waals surface area contributed by atoms with Crippen molar-refractivity contribution < 1.29 is 4.79 Å². The first-order chi connectivity index (χ1) is 9.38. The number of carbonyl (C=O) groups is 1. The Hall–Kier alpha value is -1.30. The van der Waals surface area contributed by atoms with E-state index in [2.05, 4.69) is 16.2 Å². The summed E-state index contributed by atoms with van der Waals surface area (Å²) in [7, 11) is 0. The largest absolute Gasteiger partial charge is 0.359 e. The minimum absolute atomic E-state index is 0.193. The molecule has 0 aliphatic carbocycles. The highest BCUT2D eigenvalue weighted by Gasteiger charge is 2.00. The molecule has 1 aromatic rings. The zero-order valence-electron chi connectivity index (χ0n) is 11.0. The lowest BCUT2D eigenvalue weighted by atomic mass is 10.2. The molecule has 4 nitrogen and oxygen atoms in total. The monoisotopic (exact) mass is 331 g/mol. The Kier molecular flexibility index (Phi) is 6.78. The minimum Gasteiger partial charge on any atom is -0.359 e. The molecule has 0 aliphatic heterocycles. The van der Waals surface area contributed by atoms with Crippen molar-refractivity contribution in [2.24, 2.45) is 0 Å². The first-order valence-electron chi connectivity index (χ1n) is 5.88. The molecule has 1 rings (SSSR count). The number of thiocarbonyl (C=S) groups is 1. The van der Waals surface area contributed by atoms with E-state index in [4.69, 9.17) is 35.4 Å². The molecule has 20 heavy (non-hydrogen) atoms. The predicted octanol–water partition coefficient (Wildman–Crippen LogP) is 2.91. The van der Waals surface area contributed by atoms with Crippen LogP contribution in [0.1, 0.15) is 19.4 Å². The summed E-state index contributed by atoms with van der Waals surface area (Å²) in [5, 5.41) is 4.20. The fourth-order valence-electron chi connectivity index (χ4n) is 1.25. The van der Waals surface area contributed by atoms with E-state index in [0.29, 0.717) is 15.2 Å². The molecule has 1 aromatic carbocycles. The Labute approximate surface area is 133 Å². The van der Waals surface area contributed by atoms with Gasteiger partial charge in [-0.15, -0.1) is 0 Å². The third kappa shape index (κ3) is 6.23. The van der Waals surface area contributed by atoms with Crippen molar-refractivity contribution in [3.8, 4) is 0 Å². The van der Waals surface area contributed by atoms with Crippen molar-refractivity contribution in [2.75, 3.05) is 0 Å². The molecule has 108 valence electrons. The van der Waals surface area contributed by atoms with Gasteiger partial charge in [0, 0.05) is 12.1 Å². The van der Waals surface area contributed by atoms with Gasteiger partial charge in [-0.25, -0.2) is 0 Å². The van der Waals surface area contributed by atoms with Gasteiger partial charge in [0.05, 0.1) is 10.0 Å². The highest BCUT2D eigenvalue weighted by Crippen LogP contribution is 2.22. The summed E-state index contributed by atoms with van der Waals surface area (Å²) in [4.78, 5) is 11.6. The van der Waals surface area contributed by atoms with Crippen LogP contribution in [0.3, 0.4) is 0 Å². The van der Waals surface area contributed by atoms with Gasteiger partial charge in [-0.05, 0) is 49.8 Å². The predicted molar refractivity (Wildman–Crippen MR) is 87.6 cm³/mol. The fraction of sp³-hybridized carbons (Fsp3) is 0.231. The number of benzene rings is 1. The number of halogens is 2. The summed E-state index contributed by atoms with van der Waals surface area (Å²) < 4.78 is 0. The van der Waals surface area contributed by atoms with Crippen molar-refractivity contribution >= 4 is 52.5 Å². The number of nitrogens with one attached hydrogen (secondary N) is 3. The Morgan fingerprint density at radius 2 is 1.95 bits per heavy atom. The van der Waals surface area contributed by atoms with E-state index in [1.54, 1.807) is 24.3 Å². The Bertz CT molecular complexity index is 532. The zero-order chi connectivity index (χ0) is 15.1. The van der Waals surface area contributed by atoms with E-state index in [-0.39, 0.29) is 11.9 Å². The van der Waals surface area contributed by atoms with Crippen molar-refractivity contribution in [3.05, 3.63) is 39.9 Å². The third-order valence-electron chi connectivity index (χ3n) is 2.09. The van der Waals surface area contributed by atoms with Gasteiger partial charge in [0.25, 0.3) is 5.91 Å². The van der Waals surface area contributed by atoms with E-state index in [1.807, 2.05) is 13.8 Å². The van der Waals surface area contributed by atoms with Crippen LogP contribution in [0.5, 0.6) is 0 Å². The molecule has 0 atom stereocenters. The van der Waals surface area contributed by atoms with Gasteiger partial charge in [-0.2, -0.15) is 0 Å². The molecule has 0 bridgehead atoms. The van der Waals surface area contributed by atoms with Gasteiger partial charge < -0.3 is 5.32 Å². The zero-order valence-corrected chi connectivity index (χ0v) is 13.4. The van der Waals surface area contributed by atoms with Crippen molar-refractivity contribution in [2.45, 2.75) is 19.9 Å². The lowest BCUT2D eigenvalue weighted by molar-refractivity contribution is -0.116. The first kappa shape index (κ1) is 16.8. The minimum atomic E-state index is -0.330. The molecule has 0 unspecified atom stereocenters. The van der Waals surface area contributed by atoms with Crippen LogP contribution in [0.25, 0.3) is 6.08 Å². The van der Waals surface area contributed by atoms with Gasteiger partial charge >= 0.3 is 0 Å². The van der Waals surface area contributed by atoms with Gasteiger partial charge in [0.1, 0.15) is 0 Å². The summed E-state index contributed by atoms with van der Waals surface area (Å²) in [6, 6.07) is 5.29. The second kappa shape index (κ2) is 8.09. The highest BCUT2D eigenvalue weighted by atomic mass is 35.5. The lowest BCUT2D eigenvalue weighted by Crippen LogP contribution is -2.48. The maximum atomic E-state index is 11.6. The average Bonchev–Trinajstić information content (AvgIpc) is 2.37. The Balaban J connectivity index is 2.47. The maximum Gasteiger partial charge on any atom is 0.262 e. The second-order valence-corrected chi connectivity index (χ2v) is 5.47. The quantitative estimate of drug-likeness (QED) is 0.453. The van der Waals surface area contributed by atoms with Crippen LogP contribution in [0, 0.1) is 0 Å². The summed E-state index contributed by atoms with van der Waals surface area (Å²) in [6.45, 7) is 3.89. The smallest absolute Gasteiger partial charge is 0.262 e. The summed E-state index contributed by atoms with van der Waals surface area (Å²) in [5.41, 5.74) is 5.81. The second-order valence-electron chi connectivity index (χ2n) is 4.25. The summed E-state index contributed by atoms with van der Waals surface area (Å²) in [6.07, 6.45) is 2.99. The molecule has 1 amide bonds. The molecule has 0 radical (unpaired) electrons. The number of amides is 1. The third-order valence-corrected chi connectivity index (χ3v) is 3.05. The summed E-state index contributed by atoms with van der Waals surface area (Å²) >= 11 is 16.6. The van der Waals surface area contributed by atoms with E-state index in [9.17, 15) is 4.79 Å². The van der Waals surface area contributed by atoms with E-state index in [0.717, 1.165) is 5.56 Å². The highest BCUT2D eigenvalue weighted by molar-refractivity contribution is 7.80. The molecule has 3 N–H and O–H groups in total. The number of hydrogen-bond donors (Lipinski definition) is 3. The van der Waals surface area contributed by atoms with Crippen LogP contribution in [0.2, 0.25) is 10.0 Å². The standard InChI is InChI=1S/C13H15Cl2N3OS/c1-8(2)16-13(20)18-17-12(19)6-4-9-3-5-10(14)11(15)7-9/h3-8H,1-2H3,(H,17,19)(H2,16,18,20)/b6-4+. The normalized spacial score (nSPS) is 10.7. The van der Waals surface area contributed by atoms with Crippen LogP contribution in [-0.2, 0) is 4.79 Å². The molecule has 0 saturated heterocycles. The molecule has 0 fully saturated rings. The SMILES string of the molecule is CC(C)NC(=S)NNC(=O)/C=C/c1ccc(Cl)c(Cl)c1. The van der Waals surface area contributed by atoms with Gasteiger partial charge in [-0.1, -0.05) is 29.3 Å². The molecule has 0 aliphatic rings. The molecule has 0 heterocycles. The van der Waals surface area contributed by atoms with Crippen molar-refractivity contribution in [1.29, 1.82) is 0 Å². The average molecular weight is 332 g/mol. The number of hydrogen-bond acceptors (Lipinski definition) is 2. The van der Waals surface area contributed by atoms with Gasteiger partial charge in [0.15, 0.2) is 5.11 Å². The van der Waals surface area contributed by atoms with Crippen LogP contribution in [0.4, 0.5) is 0 Å². The topological polar surface area (TPSA) is 53.2 Å². The van der Waals surface area contributed by atoms with Crippen LogP contribution < -0.4 is 16.2 Å². The number of carbonyl (C=O) groups excluding carboxylic acids is 1. The molecular weight excluding hydrogens is 317 g/mol. The van der Waals surface area contributed by atoms with E-state index < -0.39 is 0 Å². The van der Waals surface area contributed by atoms with Crippen molar-refractivity contribution in [3.63, 3.8) is 0 Å². The first-order valence-corrected chi connectivity index (χ1v) is 7.04. The van der Waals surface area contributed by atoms with E-state index >= 15 is 0 Å². The van der Waals surface area contributed by atoms with E-state index in [1.165, 1.54) is 6.08 Å².